The molecule has 4 rings (SSSR count). The van der Waals surface area contributed by atoms with Crippen molar-refractivity contribution < 1.29 is 27.6 Å². The van der Waals surface area contributed by atoms with Gasteiger partial charge >= 0.3 is 6.18 Å². The number of carbonyl (C=O) groups is 3. The highest BCUT2D eigenvalue weighted by molar-refractivity contribution is 8.18. The minimum Gasteiger partial charge on any atom is -0.368 e. The summed E-state index contributed by atoms with van der Waals surface area (Å²) in [5.41, 5.74) is 0.370. The maximum Gasteiger partial charge on any atom is 0.416 e. The van der Waals surface area contributed by atoms with Gasteiger partial charge in [0.25, 0.3) is 11.1 Å². The lowest BCUT2D eigenvalue weighted by atomic mass is 10.1. The molecule has 0 radical (unpaired) electrons. The van der Waals surface area contributed by atoms with Gasteiger partial charge in [0.1, 0.15) is 6.54 Å². The molecule has 2 aromatic rings. The maximum atomic E-state index is 12.9. The summed E-state index contributed by atoms with van der Waals surface area (Å²) in [5, 5.41) is -0.616. The molecular formula is C23H20F3N3O3S. The number of rotatable bonds is 4. The van der Waals surface area contributed by atoms with E-state index in [0.717, 1.165) is 22.7 Å². The second-order valence-corrected chi connectivity index (χ2v) is 8.59. The number of thioether (sulfide) groups is 1. The molecule has 0 aromatic heterocycles. The van der Waals surface area contributed by atoms with Gasteiger partial charge in [-0.25, -0.2) is 0 Å². The van der Waals surface area contributed by atoms with Crippen LogP contribution in [0.3, 0.4) is 0 Å². The van der Waals surface area contributed by atoms with Crippen LogP contribution in [0.5, 0.6) is 0 Å². The number of nitrogens with zero attached hydrogens (tertiary/aromatic N) is 3. The van der Waals surface area contributed by atoms with E-state index in [0.29, 0.717) is 37.9 Å². The fraction of sp³-hybridized carbons (Fsp3) is 0.261. The minimum atomic E-state index is -4.51. The summed E-state index contributed by atoms with van der Waals surface area (Å²) in [6.45, 7) is 1.80. The van der Waals surface area contributed by atoms with Gasteiger partial charge in [0.15, 0.2) is 0 Å². The van der Waals surface area contributed by atoms with Crippen molar-refractivity contribution in [3.05, 3.63) is 70.6 Å². The third kappa shape index (κ3) is 5.22. The number of benzene rings is 2. The fourth-order valence-electron chi connectivity index (χ4n) is 3.68. The van der Waals surface area contributed by atoms with Gasteiger partial charge in [-0.15, -0.1) is 0 Å². The first-order valence-corrected chi connectivity index (χ1v) is 11.0. The van der Waals surface area contributed by atoms with Gasteiger partial charge in [0.2, 0.25) is 5.91 Å². The van der Waals surface area contributed by atoms with Crippen molar-refractivity contribution in [2.24, 2.45) is 0 Å². The highest BCUT2D eigenvalue weighted by Crippen LogP contribution is 2.34. The third-order valence-electron chi connectivity index (χ3n) is 5.43. The van der Waals surface area contributed by atoms with Gasteiger partial charge in [-0.3, -0.25) is 19.3 Å². The molecule has 0 aliphatic carbocycles. The summed E-state index contributed by atoms with van der Waals surface area (Å²) in [6.07, 6.45) is -3.27. The normalized spacial score (nSPS) is 18.4. The summed E-state index contributed by atoms with van der Waals surface area (Å²) < 4.78 is 38.8. The molecule has 0 bridgehead atoms. The number of carbonyl (C=O) groups excluding carboxylic acids is 3. The summed E-state index contributed by atoms with van der Waals surface area (Å²) >= 11 is 0.615. The van der Waals surface area contributed by atoms with Crippen molar-refractivity contribution in [2.75, 3.05) is 37.6 Å². The standard InChI is InChI=1S/C23H20F3N3O3S/c24-23(25,26)17-6-4-5-16(13-17)14-19-21(31)29(22(32)33-19)15-20(30)28-11-9-27(10-12-28)18-7-2-1-3-8-18/h1-8,13-14H,9-12,15H2/b19-14-. The Kier molecular flexibility index (Phi) is 6.46. The number of amides is 3. The van der Waals surface area contributed by atoms with Gasteiger partial charge in [-0.2, -0.15) is 13.2 Å². The molecule has 2 aliphatic heterocycles. The zero-order chi connectivity index (χ0) is 23.6. The topological polar surface area (TPSA) is 60.9 Å². The largest absolute Gasteiger partial charge is 0.416 e. The summed E-state index contributed by atoms with van der Waals surface area (Å²) in [7, 11) is 0. The minimum absolute atomic E-state index is 0.0129. The number of piperazine rings is 1. The Morgan fingerprint density at radius 1 is 0.970 bits per heavy atom. The van der Waals surface area contributed by atoms with Crippen LogP contribution in [0.15, 0.2) is 59.5 Å². The lowest BCUT2D eigenvalue weighted by Gasteiger charge is -2.36. The van der Waals surface area contributed by atoms with Crippen molar-refractivity contribution in [3.63, 3.8) is 0 Å². The van der Waals surface area contributed by atoms with Crippen LogP contribution in [-0.2, 0) is 15.8 Å². The number of halogens is 3. The van der Waals surface area contributed by atoms with E-state index < -0.39 is 29.4 Å². The van der Waals surface area contributed by atoms with E-state index in [1.807, 2.05) is 30.3 Å². The smallest absolute Gasteiger partial charge is 0.368 e. The molecule has 2 aromatic carbocycles. The van der Waals surface area contributed by atoms with Crippen LogP contribution in [0.25, 0.3) is 6.08 Å². The number of para-hydroxylation sites is 1. The predicted molar refractivity (Wildman–Crippen MR) is 119 cm³/mol. The van der Waals surface area contributed by atoms with Crippen molar-refractivity contribution in [3.8, 4) is 0 Å². The van der Waals surface area contributed by atoms with Crippen LogP contribution in [0, 0.1) is 0 Å². The Morgan fingerprint density at radius 3 is 2.33 bits per heavy atom. The van der Waals surface area contributed by atoms with Gasteiger partial charge in [0.05, 0.1) is 10.5 Å². The number of hydrogen-bond donors (Lipinski definition) is 0. The molecule has 10 heteroatoms. The number of imide groups is 1. The van der Waals surface area contributed by atoms with Crippen LogP contribution >= 0.6 is 11.8 Å². The summed E-state index contributed by atoms with van der Waals surface area (Å²) in [5.74, 6) is -1.02. The van der Waals surface area contributed by atoms with Gasteiger partial charge < -0.3 is 9.80 Å². The summed E-state index contributed by atoms with van der Waals surface area (Å²) in [6, 6.07) is 14.3. The van der Waals surface area contributed by atoms with E-state index in [2.05, 4.69) is 4.90 Å². The molecular weight excluding hydrogens is 455 g/mol. The zero-order valence-corrected chi connectivity index (χ0v) is 18.2. The zero-order valence-electron chi connectivity index (χ0n) is 17.4. The Hall–Kier alpha value is -3.27. The molecule has 2 fully saturated rings. The lowest BCUT2D eigenvalue weighted by Crippen LogP contribution is -2.51. The van der Waals surface area contributed by atoms with E-state index in [1.54, 1.807) is 4.90 Å². The first-order chi connectivity index (χ1) is 15.7. The Morgan fingerprint density at radius 2 is 1.67 bits per heavy atom. The van der Waals surface area contributed by atoms with Crippen LogP contribution in [0.4, 0.5) is 23.7 Å². The molecule has 2 aliphatic rings. The van der Waals surface area contributed by atoms with Crippen molar-refractivity contribution in [2.45, 2.75) is 6.18 Å². The number of hydrogen-bond acceptors (Lipinski definition) is 5. The van der Waals surface area contributed by atoms with Gasteiger partial charge in [-0.05, 0) is 47.7 Å². The van der Waals surface area contributed by atoms with Gasteiger partial charge in [0, 0.05) is 31.9 Å². The first kappa shape index (κ1) is 22.9. The average molecular weight is 475 g/mol. The predicted octanol–water partition coefficient (Wildman–Crippen LogP) is 4.09. The molecule has 0 spiro atoms. The van der Waals surface area contributed by atoms with Crippen molar-refractivity contribution in [1.82, 2.24) is 9.80 Å². The number of anilines is 1. The second-order valence-electron chi connectivity index (χ2n) is 7.59. The lowest BCUT2D eigenvalue weighted by molar-refractivity contribution is -0.137. The van der Waals surface area contributed by atoms with E-state index in [9.17, 15) is 27.6 Å². The molecule has 3 amide bonds. The van der Waals surface area contributed by atoms with Gasteiger partial charge in [-0.1, -0.05) is 30.3 Å². The SMILES string of the molecule is O=C(CN1C(=O)S/C(=C\c2cccc(C(F)(F)F)c2)C1=O)N1CCN(c2ccccc2)CC1. The second kappa shape index (κ2) is 9.30. The monoisotopic (exact) mass is 475 g/mol. The van der Waals surface area contributed by atoms with Crippen LogP contribution in [-0.4, -0.2) is 59.6 Å². The third-order valence-corrected chi connectivity index (χ3v) is 6.34. The quantitative estimate of drug-likeness (QED) is 0.624. The molecule has 33 heavy (non-hydrogen) atoms. The molecule has 6 nitrogen and oxygen atoms in total. The van der Waals surface area contributed by atoms with Crippen LogP contribution in [0.2, 0.25) is 0 Å². The Bertz CT molecular complexity index is 1100. The van der Waals surface area contributed by atoms with E-state index in [-0.39, 0.29) is 16.4 Å². The van der Waals surface area contributed by atoms with Crippen molar-refractivity contribution in [1.29, 1.82) is 0 Å². The highest BCUT2D eigenvalue weighted by atomic mass is 32.2. The number of alkyl halides is 3. The van der Waals surface area contributed by atoms with E-state index in [4.69, 9.17) is 0 Å². The maximum absolute atomic E-state index is 12.9. The van der Waals surface area contributed by atoms with E-state index in [1.165, 1.54) is 18.2 Å². The first-order valence-electron chi connectivity index (χ1n) is 10.2. The molecule has 0 unspecified atom stereocenters. The molecule has 0 saturated carbocycles. The molecule has 172 valence electrons. The molecule has 0 N–H and O–H groups in total. The molecule has 0 atom stereocenters. The van der Waals surface area contributed by atoms with E-state index >= 15 is 0 Å². The van der Waals surface area contributed by atoms with Crippen molar-refractivity contribution >= 4 is 40.6 Å². The summed E-state index contributed by atoms with van der Waals surface area (Å²) in [4.78, 5) is 42.3. The van der Waals surface area contributed by atoms with Crippen LogP contribution in [0.1, 0.15) is 11.1 Å². The molecule has 2 saturated heterocycles. The highest BCUT2D eigenvalue weighted by Gasteiger charge is 2.38. The Labute approximate surface area is 192 Å². The van der Waals surface area contributed by atoms with Crippen LogP contribution < -0.4 is 4.90 Å². The fourth-order valence-corrected chi connectivity index (χ4v) is 4.52. The Balaban J connectivity index is 1.38. The average Bonchev–Trinajstić information content (AvgIpc) is 3.06. The molecule has 2 heterocycles.